The summed E-state index contributed by atoms with van der Waals surface area (Å²) in [6.07, 6.45) is 5.19. The molecule has 6 rings (SSSR count). The Balaban J connectivity index is 1.15. The molecule has 2 aromatic rings. The molecule has 4 aliphatic rings. The third-order valence-electron chi connectivity index (χ3n) is 7.27. The van der Waals surface area contributed by atoms with Crippen molar-refractivity contribution in [2.45, 2.75) is 24.5 Å². The van der Waals surface area contributed by atoms with E-state index in [1.165, 1.54) is 5.57 Å². The zero-order valence-electron chi connectivity index (χ0n) is 19.1. The van der Waals surface area contributed by atoms with Crippen LogP contribution in [-0.4, -0.2) is 79.8 Å². The largest absolute Gasteiger partial charge is 0.441 e. The summed E-state index contributed by atoms with van der Waals surface area (Å²) in [4.78, 5) is 21.1. The zero-order chi connectivity index (χ0) is 23.1. The second-order valence-electron chi connectivity index (χ2n) is 9.47. The van der Waals surface area contributed by atoms with Crippen LogP contribution in [0.25, 0.3) is 11.6 Å². The first-order chi connectivity index (χ1) is 16.6. The SMILES string of the molecule is O=C(OC1COC1)N1CCN(c2ccnc3c2C=C(c2ccc([C@@]4(O)CCOC4)cc2)C3)CC1. The Morgan fingerprint density at radius 1 is 1.09 bits per heavy atom. The predicted molar refractivity (Wildman–Crippen MR) is 126 cm³/mol. The van der Waals surface area contributed by atoms with Crippen LogP contribution in [0.15, 0.2) is 36.5 Å². The van der Waals surface area contributed by atoms with E-state index in [9.17, 15) is 9.90 Å². The van der Waals surface area contributed by atoms with Crippen LogP contribution >= 0.6 is 0 Å². The average Bonchev–Trinajstić information content (AvgIpc) is 3.48. The molecule has 3 aliphatic heterocycles. The number of piperazine rings is 1. The molecule has 1 atom stereocenters. The maximum absolute atomic E-state index is 12.3. The van der Waals surface area contributed by atoms with Gasteiger partial charge in [-0.25, -0.2) is 4.79 Å². The van der Waals surface area contributed by atoms with Crippen molar-refractivity contribution in [2.24, 2.45) is 0 Å². The van der Waals surface area contributed by atoms with E-state index in [0.717, 1.165) is 47.6 Å². The standard InChI is InChI=1S/C26H29N3O5/c30-25(34-21-15-33-16-21)29-10-8-28(9-11-29)24-5-7-27-23-14-19(13-22(23)24)18-1-3-20(4-2-18)26(31)6-12-32-17-26/h1-5,7,13,21,31H,6,8-12,14-17H2/t26-/m1/s1. The lowest BCUT2D eigenvalue weighted by atomic mass is 9.91. The number of benzene rings is 1. The predicted octanol–water partition coefficient (Wildman–Crippen LogP) is 2.44. The Labute approximate surface area is 198 Å². The Morgan fingerprint density at radius 3 is 2.56 bits per heavy atom. The molecule has 0 radical (unpaired) electrons. The van der Waals surface area contributed by atoms with E-state index in [0.29, 0.717) is 45.9 Å². The minimum absolute atomic E-state index is 0.0963. The van der Waals surface area contributed by atoms with E-state index in [1.54, 1.807) is 4.90 Å². The lowest BCUT2D eigenvalue weighted by Gasteiger charge is -2.37. The third-order valence-corrected chi connectivity index (χ3v) is 7.27. The Morgan fingerprint density at radius 2 is 1.88 bits per heavy atom. The molecule has 3 saturated heterocycles. The van der Waals surface area contributed by atoms with E-state index in [1.807, 2.05) is 18.3 Å². The minimum Gasteiger partial charge on any atom is -0.441 e. The normalized spacial score (nSPS) is 24.6. The third kappa shape index (κ3) is 3.96. The van der Waals surface area contributed by atoms with E-state index >= 15 is 0 Å². The summed E-state index contributed by atoms with van der Waals surface area (Å²) in [5.74, 6) is 0. The molecule has 1 amide bonds. The quantitative estimate of drug-likeness (QED) is 0.746. The fraction of sp³-hybridized carbons (Fsp3) is 0.462. The second-order valence-corrected chi connectivity index (χ2v) is 9.47. The molecule has 0 unspecified atom stereocenters. The Kier molecular flexibility index (Phi) is 5.51. The number of hydrogen-bond acceptors (Lipinski definition) is 7. The van der Waals surface area contributed by atoms with E-state index in [4.69, 9.17) is 14.2 Å². The molecule has 4 heterocycles. The summed E-state index contributed by atoms with van der Waals surface area (Å²) in [6, 6.07) is 10.3. The molecular weight excluding hydrogens is 434 g/mol. The van der Waals surface area contributed by atoms with Crippen molar-refractivity contribution in [1.29, 1.82) is 0 Å². The summed E-state index contributed by atoms with van der Waals surface area (Å²) in [6.45, 7) is 4.73. The van der Waals surface area contributed by atoms with Crippen molar-refractivity contribution in [2.75, 3.05) is 57.5 Å². The van der Waals surface area contributed by atoms with Gasteiger partial charge in [-0.15, -0.1) is 0 Å². The molecule has 1 N–H and O–H groups in total. The maximum Gasteiger partial charge on any atom is 0.410 e. The van der Waals surface area contributed by atoms with Crippen molar-refractivity contribution in [3.05, 3.63) is 58.9 Å². The highest BCUT2D eigenvalue weighted by molar-refractivity contribution is 5.92. The van der Waals surface area contributed by atoms with Crippen LogP contribution in [-0.2, 0) is 26.2 Å². The number of allylic oxidation sites excluding steroid dienone is 1. The van der Waals surface area contributed by atoms with Gasteiger partial charge in [0, 0.05) is 63.1 Å². The lowest BCUT2D eigenvalue weighted by Crippen LogP contribution is -2.51. The molecule has 1 aromatic carbocycles. The van der Waals surface area contributed by atoms with Gasteiger partial charge in [0.2, 0.25) is 0 Å². The second kappa shape index (κ2) is 8.69. The lowest BCUT2D eigenvalue weighted by molar-refractivity contribution is -0.104. The molecule has 1 aliphatic carbocycles. The van der Waals surface area contributed by atoms with Crippen LogP contribution < -0.4 is 4.90 Å². The number of carbonyl (C=O) groups excluding carboxylic acids is 1. The van der Waals surface area contributed by atoms with Gasteiger partial charge in [-0.3, -0.25) is 4.98 Å². The van der Waals surface area contributed by atoms with Gasteiger partial charge in [-0.1, -0.05) is 24.3 Å². The number of anilines is 1. The number of pyridine rings is 1. The smallest absolute Gasteiger partial charge is 0.410 e. The number of hydrogen-bond donors (Lipinski definition) is 1. The first-order valence-corrected chi connectivity index (χ1v) is 12.0. The first kappa shape index (κ1) is 21.6. The number of aliphatic hydroxyl groups is 1. The molecule has 1 aromatic heterocycles. The zero-order valence-corrected chi connectivity index (χ0v) is 19.1. The summed E-state index contributed by atoms with van der Waals surface area (Å²) in [5.41, 5.74) is 5.79. The highest BCUT2D eigenvalue weighted by Crippen LogP contribution is 2.37. The molecule has 0 spiro atoms. The van der Waals surface area contributed by atoms with E-state index < -0.39 is 5.60 Å². The van der Waals surface area contributed by atoms with E-state index in [2.05, 4.69) is 34.2 Å². The summed E-state index contributed by atoms with van der Waals surface area (Å²) < 4.78 is 15.9. The van der Waals surface area contributed by atoms with Crippen LogP contribution in [0.1, 0.15) is 28.8 Å². The number of carbonyl (C=O) groups is 1. The highest BCUT2D eigenvalue weighted by atomic mass is 16.6. The van der Waals surface area contributed by atoms with Crippen molar-refractivity contribution < 1.29 is 24.1 Å². The molecule has 34 heavy (non-hydrogen) atoms. The van der Waals surface area contributed by atoms with Crippen LogP contribution in [0.3, 0.4) is 0 Å². The number of amides is 1. The van der Waals surface area contributed by atoms with Crippen molar-refractivity contribution >= 4 is 23.4 Å². The van der Waals surface area contributed by atoms with Gasteiger partial charge < -0.3 is 29.1 Å². The van der Waals surface area contributed by atoms with Gasteiger partial charge in [-0.05, 0) is 28.8 Å². The maximum atomic E-state index is 12.3. The van der Waals surface area contributed by atoms with E-state index in [-0.39, 0.29) is 12.2 Å². The van der Waals surface area contributed by atoms with Crippen LogP contribution in [0.5, 0.6) is 0 Å². The van der Waals surface area contributed by atoms with Gasteiger partial charge in [0.25, 0.3) is 0 Å². The van der Waals surface area contributed by atoms with Gasteiger partial charge in [0.1, 0.15) is 5.60 Å². The van der Waals surface area contributed by atoms with Crippen LogP contribution in [0, 0.1) is 0 Å². The Bertz CT molecular complexity index is 1100. The number of ether oxygens (including phenoxy) is 3. The van der Waals surface area contributed by atoms with Crippen LogP contribution in [0.2, 0.25) is 0 Å². The van der Waals surface area contributed by atoms with Crippen molar-refractivity contribution in [3.63, 3.8) is 0 Å². The van der Waals surface area contributed by atoms with Crippen molar-refractivity contribution in [3.8, 4) is 0 Å². The summed E-state index contributed by atoms with van der Waals surface area (Å²) >= 11 is 0. The fourth-order valence-corrected chi connectivity index (χ4v) is 5.08. The topological polar surface area (TPSA) is 84.4 Å². The highest BCUT2D eigenvalue weighted by Gasteiger charge is 2.34. The molecule has 3 fully saturated rings. The van der Waals surface area contributed by atoms with Gasteiger partial charge in [-0.2, -0.15) is 0 Å². The minimum atomic E-state index is -0.875. The number of rotatable bonds is 4. The van der Waals surface area contributed by atoms with Gasteiger partial charge in [0.05, 0.1) is 25.5 Å². The van der Waals surface area contributed by atoms with Gasteiger partial charge >= 0.3 is 6.09 Å². The molecule has 0 saturated carbocycles. The molecular formula is C26H29N3O5. The molecule has 8 nitrogen and oxygen atoms in total. The fourth-order valence-electron chi connectivity index (χ4n) is 5.08. The molecule has 0 bridgehead atoms. The van der Waals surface area contributed by atoms with Crippen LogP contribution in [0.4, 0.5) is 10.5 Å². The summed E-state index contributed by atoms with van der Waals surface area (Å²) in [5, 5.41) is 10.8. The monoisotopic (exact) mass is 463 g/mol. The number of nitrogens with zero attached hydrogens (tertiary/aromatic N) is 3. The van der Waals surface area contributed by atoms with Crippen molar-refractivity contribution in [1.82, 2.24) is 9.88 Å². The van der Waals surface area contributed by atoms with Gasteiger partial charge in [0.15, 0.2) is 6.10 Å². The Hall–Kier alpha value is -2.94. The molecule has 8 heteroatoms. The average molecular weight is 464 g/mol. The number of aromatic nitrogens is 1. The summed E-state index contributed by atoms with van der Waals surface area (Å²) in [7, 11) is 0. The first-order valence-electron chi connectivity index (χ1n) is 12.0. The molecule has 178 valence electrons. The number of fused-ring (bicyclic) bond motifs is 1.